The molecule has 0 saturated heterocycles. The van der Waals surface area contributed by atoms with Gasteiger partial charge in [0.1, 0.15) is 5.69 Å². The first kappa shape index (κ1) is 11.9. The van der Waals surface area contributed by atoms with Crippen molar-refractivity contribution in [2.75, 3.05) is 0 Å². The quantitative estimate of drug-likeness (QED) is 0.789. The molecule has 2 aromatic heterocycles. The summed E-state index contributed by atoms with van der Waals surface area (Å²) in [5.41, 5.74) is 1.46. The summed E-state index contributed by atoms with van der Waals surface area (Å²) >= 11 is 3.36. The maximum atomic E-state index is 11.3. The molecule has 0 bridgehead atoms. The predicted molar refractivity (Wildman–Crippen MR) is 73.1 cm³/mol. The number of hydrogen-bond donors (Lipinski definition) is 1. The number of rotatable bonds is 2. The Hall–Kier alpha value is -2.21. The average Bonchev–Trinajstić information content (AvgIpc) is 2.83. The standard InChI is InChI=1S/C13H8BrN3O2/c14-9-6-4-8(5-7-9)12-16-15-11-3-1-2-10(13(18)19)17(11)12/h1-7H,(H,18,19). The van der Waals surface area contributed by atoms with E-state index < -0.39 is 5.97 Å². The van der Waals surface area contributed by atoms with E-state index in [1.54, 1.807) is 12.1 Å². The Kier molecular flexibility index (Phi) is 2.79. The van der Waals surface area contributed by atoms with Crippen molar-refractivity contribution in [2.24, 2.45) is 0 Å². The van der Waals surface area contributed by atoms with Crippen molar-refractivity contribution in [3.05, 3.63) is 52.6 Å². The molecule has 0 atom stereocenters. The number of hydrogen-bond acceptors (Lipinski definition) is 3. The van der Waals surface area contributed by atoms with Crippen molar-refractivity contribution in [3.8, 4) is 11.4 Å². The number of carboxylic acids is 1. The lowest BCUT2D eigenvalue weighted by atomic mass is 10.2. The second kappa shape index (κ2) is 4.47. The highest BCUT2D eigenvalue weighted by Gasteiger charge is 2.14. The second-order valence-electron chi connectivity index (χ2n) is 3.94. The normalized spacial score (nSPS) is 10.8. The van der Waals surface area contributed by atoms with Gasteiger partial charge in [0.25, 0.3) is 0 Å². The number of halogens is 1. The largest absolute Gasteiger partial charge is 0.477 e. The van der Waals surface area contributed by atoms with Crippen LogP contribution in [0, 0.1) is 0 Å². The van der Waals surface area contributed by atoms with Gasteiger partial charge in [-0.1, -0.05) is 34.1 Å². The van der Waals surface area contributed by atoms with Crippen molar-refractivity contribution >= 4 is 27.5 Å². The molecule has 0 aliphatic heterocycles. The third-order valence-corrected chi connectivity index (χ3v) is 3.28. The van der Waals surface area contributed by atoms with Gasteiger partial charge in [-0.3, -0.25) is 4.40 Å². The minimum atomic E-state index is -1.01. The molecule has 3 rings (SSSR count). The van der Waals surface area contributed by atoms with Crippen LogP contribution in [0.3, 0.4) is 0 Å². The predicted octanol–water partition coefficient (Wildman–Crippen LogP) is 2.86. The second-order valence-corrected chi connectivity index (χ2v) is 4.86. The first-order valence-electron chi connectivity index (χ1n) is 5.50. The molecular weight excluding hydrogens is 310 g/mol. The lowest BCUT2D eigenvalue weighted by Gasteiger charge is -2.04. The van der Waals surface area contributed by atoms with Crippen LogP contribution in [-0.4, -0.2) is 25.7 Å². The van der Waals surface area contributed by atoms with E-state index in [4.69, 9.17) is 0 Å². The zero-order valence-corrected chi connectivity index (χ0v) is 11.2. The lowest BCUT2D eigenvalue weighted by molar-refractivity contribution is 0.0689. The van der Waals surface area contributed by atoms with Crippen molar-refractivity contribution in [1.82, 2.24) is 14.6 Å². The zero-order chi connectivity index (χ0) is 13.4. The fraction of sp³-hybridized carbons (Fsp3) is 0. The Bertz CT molecular complexity index is 765. The summed E-state index contributed by atoms with van der Waals surface area (Å²) in [6, 6.07) is 12.4. The summed E-state index contributed by atoms with van der Waals surface area (Å²) in [4.78, 5) is 11.3. The maximum Gasteiger partial charge on any atom is 0.352 e. The molecule has 3 aromatic rings. The SMILES string of the molecule is O=C(O)c1cccc2nnc(-c3ccc(Br)cc3)n12. The highest BCUT2D eigenvalue weighted by molar-refractivity contribution is 9.10. The number of aromatic carboxylic acids is 1. The van der Waals surface area contributed by atoms with Gasteiger partial charge in [0.15, 0.2) is 11.5 Å². The van der Waals surface area contributed by atoms with Gasteiger partial charge in [-0.2, -0.15) is 0 Å². The van der Waals surface area contributed by atoms with Crippen LogP contribution in [0.25, 0.3) is 17.0 Å². The summed E-state index contributed by atoms with van der Waals surface area (Å²) < 4.78 is 2.48. The molecule has 0 aliphatic carbocycles. The van der Waals surface area contributed by atoms with Gasteiger partial charge in [-0.05, 0) is 24.3 Å². The van der Waals surface area contributed by atoms with Crippen LogP contribution in [0.2, 0.25) is 0 Å². The van der Waals surface area contributed by atoms with E-state index in [1.165, 1.54) is 10.5 Å². The van der Waals surface area contributed by atoms with Gasteiger partial charge in [-0.15, -0.1) is 10.2 Å². The molecule has 0 unspecified atom stereocenters. The molecular formula is C13H8BrN3O2. The third-order valence-electron chi connectivity index (χ3n) is 2.75. The monoisotopic (exact) mass is 317 g/mol. The van der Waals surface area contributed by atoms with Gasteiger partial charge < -0.3 is 5.11 Å². The van der Waals surface area contributed by atoms with Crippen LogP contribution < -0.4 is 0 Å². The smallest absolute Gasteiger partial charge is 0.352 e. The summed E-state index contributed by atoms with van der Waals surface area (Å²) in [6.07, 6.45) is 0. The van der Waals surface area contributed by atoms with Gasteiger partial charge in [-0.25, -0.2) is 4.79 Å². The van der Waals surface area contributed by atoms with Gasteiger partial charge in [0, 0.05) is 10.0 Å². The van der Waals surface area contributed by atoms with Gasteiger partial charge in [0.05, 0.1) is 0 Å². The number of carbonyl (C=O) groups is 1. The Labute approximate surface area is 116 Å². The number of nitrogens with zero attached hydrogens (tertiary/aromatic N) is 3. The van der Waals surface area contributed by atoms with Crippen LogP contribution in [0.15, 0.2) is 46.9 Å². The molecule has 0 spiro atoms. The molecule has 19 heavy (non-hydrogen) atoms. The summed E-state index contributed by atoms with van der Waals surface area (Å²) in [6.45, 7) is 0. The minimum Gasteiger partial charge on any atom is -0.477 e. The van der Waals surface area contributed by atoms with Crippen molar-refractivity contribution in [2.45, 2.75) is 0 Å². The van der Waals surface area contributed by atoms with E-state index in [0.29, 0.717) is 11.5 Å². The van der Waals surface area contributed by atoms with Crippen LogP contribution in [-0.2, 0) is 0 Å². The molecule has 0 saturated carbocycles. The van der Waals surface area contributed by atoms with Crippen LogP contribution >= 0.6 is 15.9 Å². The Morgan fingerprint density at radius 1 is 1.11 bits per heavy atom. The third kappa shape index (κ3) is 2.00. The Balaban J connectivity index is 2.30. The molecule has 0 fully saturated rings. The number of pyridine rings is 1. The fourth-order valence-electron chi connectivity index (χ4n) is 1.89. The summed E-state index contributed by atoms with van der Waals surface area (Å²) in [5.74, 6) is -0.496. The number of benzene rings is 1. The highest BCUT2D eigenvalue weighted by Crippen LogP contribution is 2.22. The number of fused-ring (bicyclic) bond motifs is 1. The van der Waals surface area contributed by atoms with Crippen molar-refractivity contribution in [3.63, 3.8) is 0 Å². The minimum absolute atomic E-state index is 0.139. The Morgan fingerprint density at radius 3 is 2.53 bits per heavy atom. The van der Waals surface area contributed by atoms with Gasteiger partial charge >= 0.3 is 5.97 Å². The molecule has 5 nitrogen and oxygen atoms in total. The summed E-state index contributed by atoms with van der Waals surface area (Å²) in [5, 5.41) is 17.3. The molecule has 94 valence electrons. The molecule has 0 radical (unpaired) electrons. The number of carboxylic acid groups (broad SMARTS) is 1. The molecule has 0 aliphatic rings. The van der Waals surface area contributed by atoms with E-state index in [-0.39, 0.29) is 5.69 Å². The van der Waals surface area contributed by atoms with E-state index in [2.05, 4.69) is 26.1 Å². The molecule has 6 heteroatoms. The zero-order valence-electron chi connectivity index (χ0n) is 9.62. The molecule has 1 aromatic carbocycles. The van der Waals surface area contributed by atoms with Crippen LogP contribution in [0.1, 0.15) is 10.5 Å². The first-order valence-corrected chi connectivity index (χ1v) is 6.29. The van der Waals surface area contributed by atoms with E-state index in [0.717, 1.165) is 10.0 Å². The lowest BCUT2D eigenvalue weighted by Crippen LogP contribution is -2.05. The Morgan fingerprint density at radius 2 is 1.84 bits per heavy atom. The van der Waals surface area contributed by atoms with E-state index in [9.17, 15) is 9.90 Å². The van der Waals surface area contributed by atoms with Gasteiger partial charge in [0.2, 0.25) is 0 Å². The molecule has 2 heterocycles. The first-order chi connectivity index (χ1) is 9.16. The topological polar surface area (TPSA) is 67.5 Å². The van der Waals surface area contributed by atoms with Crippen LogP contribution in [0.5, 0.6) is 0 Å². The average molecular weight is 318 g/mol. The fourth-order valence-corrected chi connectivity index (χ4v) is 2.16. The summed E-state index contributed by atoms with van der Waals surface area (Å²) in [7, 11) is 0. The maximum absolute atomic E-state index is 11.3. The van der Waals surface area contributed by atoms with Crippen LogP contribution in [0.4, 0.5) is 0 Å². The van der Waals surface area contributed by atoms with E-state index >= 15 is 0 Å². The molecule has 0 amide bonds. The van der Waals surface area contributed by atoms with Crippen molar-refractivity contribution < 1.29 is 9.90 Å². The van der Waals surface area contributed by atoms with E-state index in [1.807, 2.05) is 24.3 Å². The van der Waals surface area contributed by atoms with Crippen molar-refractivity contribution in [1.29, 1.82) is 0 Å². The highest BCUT2D eigenvalue weighted by atomic mass is 79.9. The number of aromatic nitrogens is 3. The molecule has 1 N–H and O–H groups in total.